The van der Waals surface area contributed by atoms with Crippen LogP contribution in [0.25, 0.3) is 0 Å². The van der Waals surface area contributed by atoms with Gasteiger partial charge in [0.15, 0.2) is 0 Å². The van der Waals surface area contributed by atoms with Crippen molar-refractivity contribution in [2.75, 3.05) is 39.4 Å². The number of hydrogen-bond acceptors (Lipinski definition) is 4. The molecule has 1 N–H and O–H groups in total. The van der Waals surface area contributed by atoms with Crippen LogP contribution in [0.5, 0.6) is 0 Å². The molecule has 1 saturated carbocycles. The molecule has 0 aromatic rings. The zero-order chi connectivity index (χ0) is 13.9. The third kappa shape index (κ3) is 3.00. The Hall–Kier alpha value is -0.650. The van der Waals surface area contributed by atoms with Gasteiger partial charge in [-0.2, -0.15) is 0 Å². The van der Waals surface area contributed by atoms with Crippen molar-refractivity contribution in [1.29, 1.82) is 0 Å². The first-order valence-electron chi connectivity index (χ1n) is 8.04. The van der Waals surface area contributed by atoms with Crippen LogP contribution < -0.4 is 0 Å². The molecule has 0 aromatic carbocycles. The van der Waals surface area contributed by atoms with Crippen molar-refractivity contribution in [1.82, 2.24) is 9.80 Å². The molecule has 1 amide bonds. The van der Waals surface area contributed by atoms with Crippen molar-refractivity contribution in [3.05, 3.63) is 0 Å². The Morgan fingerprint density at radius 1 is 1.00 bits per heavy atom. The van der Waals surface area contributed by atoms with Crippen LogP contribution in [0.3, 0.4) is 0 Å². The fraction of sp³-hybridized carbons (Fsp3) is 0.933. The van der Waals surface area contributed by atoms with E-state index in [2.05, 4.69) is 4.90 Å². The first kappa shape index (κ1) is 14.3. The van der Waals surface area contributed by atoms with Crippen LogP contribution in [-0.4, -0.2) is 72.4 Å². The van der Waals surface area contributed by atoms with Crippen molar-refractivity contribution in [3.8, 4) is 0 Å². The molecule has 0 spiro atoms. The predicted molar refractivity (Wildman–Crippen MR) is 75.3 cm³/mol. The minimum absolute atomic E-state index is 0.159. The number of aliphatic hydroxyl groups excluding tert-OH is 1. The average molecular weight is 282 g/mol. The molecular formula is C15H26N2O3. The summed E-state index contributed by atoms with van der Waals surface area (Å²) in [7, 11) is 0. The lowest BCUT2D eigenvalue weighted by atomic mass is 9.98. The van der Waals surface area contributed by atoms with E-state index in [1.165, 1.54) is 0 Å². The highest BCUT2D eigenvalue weighted by Gasteiger charge is 2.34. The maximum Gasteiger partial charge on any atom is 0.225 e. The molecule has 2 heterocycles. The van der Waals surface area contributed by atoms with E-state index in [9.17, 15) is 9.90 Å². The summed E-state index contributed by atoms with van der Waals surface area (Å²) in [4.78, 5) is 16.8. The molecule has 0 aromatic heterocycles. The predicted octanol–water partition coefficient (Wildman–Crippen LogP) is 0.471. The fourth-order valence-electron chi connectivity index (χ4n) is 3.82. The van der Waals surface area contributed by atoms with Crippen molar-refractivity contribution < 1.29 is 14.6 Å². The summed E-state index contributed by atoms with van der Waals surface area (Å²) in [5, 5.41) is 9.98. The summed E-state index contributed by atoms with van der Waals surface area (Å²) in [5.74, 6) is 0.493. The second-order valence-corrected chi connectivity index (χ2v) is 6.31. The monoisotopic (exact) mass is 282 g/mol. The largest absolute Gasteiger partial charge is 0.391 e. The van der Waals surface area contributed by atoms with E-state index < -0.39 is 0 Å². The highest BCUT2D eigenvalue weighted by Crippen LogP contribution is 2.26. The first-order chi connectivity index (χ1) is 9.75. The van der Waals surface area contributed by atoms with Crippen molar-refractivity contribution in [2.24, 2.45) is 5.92 Å². The molecule has 0 unspecified atom stereocenters. The van der Waals surface area contributed by atoms with Crippen molar-refractivity contribution in [2.45, 2.75) is 44.2 Å². The van der Waals surface area contributed by atoms with E-state index in [4.69, 9.17) is 4.74 Å². The van der Waals surface area contributed by atoms with E-state index in [-0.39, 0.29) is 12.0 Å². The smallest absolute Gasteiger partial charge is 0.225 e. The molecule has 2 aliphatic heterocycles. The van der Waals surface area contributed by atoms with Gasteiger partial charge in [0, 0.05) is 51.4 Å². The van der Waals surface area contributed by atoms with E-state index in [1.54, 1.807) is 0 Å². The molecule has 114 valence electrons. The van der Waals surface area contributed by atoms with Gasteiger partial charge in [0.1, 0.15) is 0 Å². The molecule has 2 saturated heterocycles. The molecule has 0 bridgehead atoms. The number of ether oxygens (including phenoxy) is 1. The van der Waals surface area contributed by atoms with Gasteiger partial charge in [-0.1, -0.05) is 0 Å². The lowest BCUT2D eigenvalue weighted by Gasteiger charge is -2.40. The second kappa shape index (κ2) is 6.41. The summed E-state index contributed by atoms with van der Waals surface area (Å²) in [6, 6.07) is 0.329. The average Bonchev–Trinajstić information content (AvgIpc) is 2.94. The number of piperazine rings is 1. The van der Waals surface area contributed by atoms with Gasteiger partial charge in [-0.25, -0.2) is 0 Å². The number of carbonyl (C=O) groups is 1. The number of amides is 1. The third-order valence-electron chi connectivity index (χ3n) is 5.11. The topological polar surface area (TPSA) is 53.0 Å². The summed E-state index contributed by atoms with van der Waals surface area (Å²) in [6.45, 7) is 4.92. The Bertz CT molecular complexity index is 336. The van der Waals surface area contributed by atoms with Crippen LogP contribution in [0.4, 0.5) is 0 Å². The molecule has 2 atom stereocenters. The summed E-state index contributed by atoms with van der Waals surface area (Å²) in [6.07, 6.45) is 4.77. The van der Waals surface area contributed by atoms with Crippen LogP contribution in [0.15, 0.2) is 0 Å². The normalized spacial score (nSPS) is 33.5. The van der Waals surface area contributed by atoms with E-state index in [0.717, 1.165) is 71.5 Å². The zero-order valence-electron chi connectivity index (χ0n) is 12.2. The SMILES string of the molecule is O=C(C1CCOCC1)N1CCN([C@H]2CCC[C@@H]2O)CC1. The standard InChI is InChI=1S/C15H26N2O3/c18-14-3-1-2-13(14)16-6-8-17(9-7-16)15(19)12-4-10-20-11-5-12/h12-14,18H,1-11H2/t13-,14-/m0/s1. The molecule has 5 heteroatoms. The van der Waals surface area contributed by atoms with E-state index >= 15 is 0 Å². The molecule has 5 nitrogen and oxygen atoms in total. The quantitative estimate of drug-likeness (QED) is 0.800. The maximum absolute atomic E-state index is 12.4. The highest BCUT2D eigenvalue weighted by atomic mass is 16.5. The van der Waals surface area contributed by atoms with E-state index in [0.29, 0.717) is 11.9 Å². The Labute approximate surface area is 120 Å². The summed E-state index contributed by atoms with van der Waals surface area (Å²) in [5.41, 5.74) is 0. The van der Waals surface area contributed by atoms with Gasteiger partial charge in [-0.3, -0.25) is 9.69 Å². The Morgan fingerprint density at radius 2 is 1.70 bits per heavy atom. The van der Waals surface area contributed by atoms with Gasteiger partial charge >= 0.3 is 0 Å². The third-order valence-corrected chi connectivity index (χ3v) is 5.11. The van der Waals surface area contributed by atoms with E-state index in [1.807, 2.05) is 4.90 Å². The number of hydrogen-bond donors (Lipinski definition) is 1. The van der Waals surface area contributed by atoms with Gasteiger partial charge < -0.3 is 14.7 Å². The second-order valence-electron chi connectivity index (χ2n) is 6.31. The number of rotatable bonds is 2. The van der Waals surface area contributed by atoms with Crippen LogP contribution in [0.1, 0.15) is 32.1 Å². The Kier molecular flexibility index (Phi) is 4.58. The Morgan fingerprint density at radius 3 is 2.30 bits per heavy atom. The minimum Gasteiger partial charge on any atom is -0.391 e. The zero-order valence-corrected chi connectivity index (χ0v) is 12.2. The molecule has 1 aliphatic carbocycles. The summed E-state index contributed by atoms with van der Waals surface area (Å²) >= 11 is 0. The molecule has 20 heavy (non-hydrogen) atoms. The lowest BCUT2D eigenvalue weighted by Crippen LogP contribution is -2.54. The van der Waals surface area contributed by atoms with Crippen LogP contribution in [0, 0.1) is 5.92 Å². The lowest BCUT2D eigenvalue weighted by molar-refractivity contribution is -0.140. The molecular weight excluding hydrogens is 256 g/mol. The molecule has 3 aliphatic rings. The van der Waals surface area contributed by atoms with Gasteiger partial charge in [0.25, 0.3) is 0 Å². The first-order valence-corrected chi connectivity index (χ1v) is 8.04. The van der Waals surface area contributed by atoms with Crippen molar-refractivity contribution in [3.63, 3.8) is 0 Å². The fourth-order valence-corrected chi connectivity index (χ4v) is 3.82. The Balaban J connectivity index is 1.49. The van der Waals surface area contributed by atoms with Gasteiger partial charge in [-0.15, -0.1) is 0 Å². The number of carbonyl (C=O) groups excluding carboxylic acids is 1. The van der Waals surface area contributed by atoms with Crippen LogP contribution >= 0.6 is 0 Å². The van der Waals surface area contributed by atoms with Crippen molar-refractivity contribution >= 4 is 5.91 Å². The van der Waals surface area contributed by atoms with Gasteiger partial charge in [0.2, 0.25) is 5.91 Å². The maximum atomic E-state index is 12.4. The van der Waals surface area contributed by atoms with Gasteiger partial charge in [-0.05, 0) is 32.1 Å². The number of aliphatic hydroxyl groups is 1. The van der Waals surface area contributed by atoms with Gasteiger partial charge in [0.05, 0.1) is 6.10 Å². The van der Waals surface area contributed by atoms with Crippen LogP contribution in [-0.2, 0) is 9.53 Å². The molecule has 3 fully saturated rings. The van der Waals surface area contributed by atoms with Crippen LogP contribution in [0.2, 0.25) is 0 Å². The molecule has 3 rings (SSSR count). The molecule has 0 radical (unpaired) electrons. The number of nitrogens with zero attached hydrogens (tertiary/aromatic N) is 2. The highest BCUT2D eigenvalue weighted by molar-refractivity contribution is 5.79. The minimum atomic E-state index is -0.159. The summed E-state index contributed by atoms with van der Waals surface area (Å²) < 4.78 is 5.33.